The summed E-state index contributed by atoms with van der Waals surface area (Å²) in [6, 6.07) is 12.5. The summed E-state index contributed by atoms with van der Waals surface area (Å²) >= 11 is 7.81. The molecule has 0 spiro atoms. The van der Waals surface area contributed by atoms with Crippen LogP contribution in [0.25, 0.3) is 10.2 Å². The molecule has 0 bridgehead atoms. The number of carbonyl (C=O) groups excluding carboxylic acids is 1. The maximum Gasteiger partial charge on any atom is 0.223 e. The fourth-order valence-electron chi connectivity index (χ4n) is 3.43. The van der Waals surface area contributed by atoms with E-state index in [0.29, 0.717) is 31.2 Å². The van der Waals surface area contributed by atoms with E-state index in [-0.39, 0.29) is 23.0 Å². The molecule has 1 fully saturated rings. The molecule has 6 nitrogen and oxygen atoms in total. The van der Waals surface area contributed by atoms with Crippen LogP contribution in [0.4, 0.5) is 5.13 Å². The minimum absolute atomic E-state index is 0.00699. The van der Waals surface area contributed by atoms with Crippen LogP contribution in [0.15, 0.2) is 47.4 Å². The number of hydrogen-bond donors (Lipinski definition) is 0. The molecule has 1 saturated heterocycles. The number of hydrogen-bond acceptors (Lipinski definition) is 6. The van der Waals surface area contributed by atoms with Gasteiger partial charge in [0.1, 0.15) is 5.52 Å². The van der Waals surface area contributed by atoms with Crippen molar-refractivity contribution in [1.82, 2.24) is 9.88 Å². The van der Waals surface area contributed by atoms with Gasteiger partial charge in [0.05, 0.1) is 20.4 Å². The SMILES string of the molecule is Cc1ccc(S(=O)(=O)CCC(=O)N2CCN(c3nc4c(Cl)cccc4s3)CC2)cc1. The third kappa shape index (κ3) is 4.45. The van der Waals surface area contributed by atoms with Crippen molar-refractivity contribution < 1.29 is 13.2 Å². The van der Waals surface area contributed by atoms with E-state index in [0.717, 1.165) is 20.9 Å². The number of halogens is 1. The number of nitrogens with zero attached hydrogens (tertiary/aromatic N) is 3. The number of fused-ring (bicyclic) bond motifs is 1. The van der Waals surface area contributed by atoms with Gasteiger partial charge in [-0.25, -0.2) is 13.4 Å². The molecule has 2 heterocycles. The van der Waals surface area contributed by atoms with Gasteiger partial charge in [0.2, 0.25) is 5.91 Å². The van der Waals surface area contributed by atoms with Crippen molar-refractivity contribution in [3.8, 4) is 0 Å². The fraction of sp³-hybridized carbons (Fsp3) is 0.333. The summed E-state index contributed by atoms with van der Waals surface area (Å²) in [5.74, 6) is -0.302. The molecule has 1 amide bonds. The number of aryl methyl sites for hydroxylation is 1. The van der Waals surface area contributed by atoms with Crippen LogP contribution < -0.4 is 4.90 Å². The van der Waals surface area contributed by atoms with Crippen LogP contribution in [0.3, 0.4) is 0 Å². The predicted octanol–water partition coefficient (Wildman–Crippen LogP) is 3.77. The zero-order valence-corrected chi connectivity index (χ0v) is 18.9. The van der Waals surface area contributed by atoms with Gasteiger partial charge < -0.3 is 9.80 Å². The van der Waals surface area contributed by atoms with Crippen LogP contribution in [-0.2, 0) is 14.6 Å². The summed E-state index contributed by atoms with van der Waals surface area (Å²) in [6.45, 7) is 4.32. The number of piperazine rings is 1. The number of thiazole rings is 1. The highest BCUT2D eigenvalue weighted by Gasteiger charge is 2.25. The predicted molar refractivity (Wildman–Crippen MR) is 121 cm³/mol. The monoisotopic (exact) mass is 463 g/mol. The van der Waals surface area contributed by atoms with E-state index in [1.807, 2.05) is 25.1 Å². The Kier molecular flexibility index (Phi) is 5.99. The van der Waals surface area contributed by atoms with Gasteiger partial charge >= 0.3 is 0 Å². The number of carbonyl (C=O) groups is 1. The Morgan fingerprint density at radius 3 is 2.47 bits per heavy atom. The van der Waals surface area contributed by atoms with Gasteiger partial charge in [-0.2, -0.15) is 0 Å². The number of aromatic nitrogens is 1. The van der Waals surface area contributed by atoms with Crippen molar-refractivity contribution in [2.45, 2.75) is 18.2 Å². The standard InChI is InChI=1S/C21H22ClN3O3S2/c1-15-5-7-16(8-6-15)30(27,28)14-9-19(26)24-10-12-25(13-11-24)21-23-20-17(22)3-2-4-18(20)29-21/h2-8H,9-14H2,1H3. The van der Waals surface area contributed by atoms with Crippen LogP contribution >= 0.6 is 22.9 Å². The second-order valence-corrected chi connectivity index (χ2v) is 10.9. The Hall–Kier alpha value is -2.16. The Balaban J connectivity index is 1.33. The summed E-state index contributed by atoms with van der Waals surface area (Å²) in [5.41, 5.74) is 1.80. The third-order valence-electron chi connectivity index (χ3n) is 5.23. The van der Waals surface area contributed by atoms with Crippen molar-refractivity contribution >= 4 is 54.0 Å². The molecule has 9 heteroatoms. The second kappa shape index (κ2) is 8.53. The number of anilines is 1. The van der Waals surface area contributed by atoms with E-state index in [1.54, 1.807) is 40.5 Å². The molecule has 0 atom stereocenters. The second-order valence-electron chi connectivity index (χ2n) is 7.33. The maximum absolute atomic E-state index is 12.6. The van der Waals surface area contributed by atoms with E-state index in [9.17, 15) is 13.2 Å². The van der Waals surface area contributed by atoms with Gasteiger partial charge in [-0.15, -0.1) is 0 Å². The quantitative estimate of drug-likeness (QED) is 0.576. The summed E-state index contributed by atoms with van der Waals surface area (Å²) in [5, 5.41) is 1.53. The van der Waals surface area contributed by atoms with E-state index in [2.05, 4.69) is 9.88 Å². The van der Waals surface area contributed by atoms with E-state index in [4.69, 9.17) is 11.6 Å². The van der Waals surface area contributed by atoms with Crippen LogP contribution in [0.2, 0.25) is 5.02 Å². The first-order valence-electron chi connectivity index (χ1n) is 9.71. The van der Waals surface area contributed by atoms with Crippen molar-refractivity contribution in [3.63, 3.8) is 0 Å². The first-order chi connectivity index (χ1) is 14.3. The Bertz CT molecular complexity index is 1170. The number of benzene rings is 2. The largest absolute Gasteiger partial charge is 0.345 e. The van der Waals surface area contributed by atoms with Gasteiger partial charge in [-0.05, 0) is 31.2 Å². The molecule has 0 saturated carbocycles. The van der Waals surface area contributed by atoms with Crippen molar-refractivity contribution in [3.05, 3.63) is 53.1 Å². The molecule has 0 unspecified atom stereocenters. The lowest BCUT2D eigenvalue weighted by molar-refractivity contribution is -0.131. The van der Waals surface area contributed by atoms with Crippen LogP contribution in [0, 0.1) is 6.92 Å². The number of sulfone groups is 1. The number of para-hydroxylation sites is 1. The highest BCUT2D eigenvalue weighted by atomic mass is 35.5. The smallest absolute Gasteiger partial charge is 0.223 e. The summed E-state index contributed by atoms with van der Waals surface area (Å²) in [7, 11) is -3.46. The van der Waals surface area contributed by atoms with Crippen molar-refractivity contribution in [2.24, 2.45) is 0 Å². The summed E-state index contributed by atoms with van der Waals surface area (Å²) in [4.78, 5) is 21.4. The molecular formula is C21H22ClN3O3S2. The van der Waals surface area contributed by atoms with Gasteiger partial charge in [0.15, 0.2) is 15.0 Å². The van der Waals surface area contributed by atoms with E-state index >= 15 is 0 Å². The minimum Gasteiger partial charge on any atom is -0.345 e. The maximum atomic E-state index is 12.6. The minimum atomic E-state index is -3.46. The zero-order valence-electron chi connectivity index (χ0n) is 16.5. The van der Waals surface area contributed by atoms with Crippen molar-refractivity contribution in [1.29, 1.82) is 0 Å². The lowest BCUT2D eigenvalue weighted by Gasteiger charge is -2.34. The Morgan fingerprint density at radius 2 is 1.80 bits per heavy atom. The van der Waals surface area contributed by atoms with Crippen LogP contribution in [0.5, 0.6) is 0 Å². The molecule has 1 aliphatic heterocycles. The first-order valence-corrected chi connectivity index (χ1v) is 12.6. The van der Waals surface area contributed by atoms with Crippen molar-refractivity contribution in [2.75, 3.05) is 36.8 Å². The topological polar surface area (TPSA) is 70.6 Å². The molecule has 0 radical (unpaired) electrons. The molecule has 30 heavy (non-hydrogen) atoms. The summed E-state index contributed by atoms with van der Waals surface area (Å²) < 4.78 is 26.0. The average molecular weight is 464 g/mol. The third-order valence-corrected chi connectivity index (χ3v) is 8.34. The average Bonchev–Trinajstić information content (AvgIpc) is 3.18. The fourth-order valence-corrected chi connectivity index (χ4v) is 5.98. The summed E-state index contributed by atoms with van der Waals surface area (Å²) in [6.07, 6.45) is -0.00699. The zero-order chi connectivity index (χ0) is 21.3. The van der Waals surface area contributed by atoms with Gasteiger partial charge in [-0.1, -0.05) is 46.7 Å². The molecule has 2 aromatic carbocycles. The molecular weight excluding hydrogens is 442 g/mol. The highest BCUT2D eigenvalue weighted by molar-refractivity contribution is 7.91. The van der Waals surface area contributed by atoms with Gasteiger partial charge in [0.25, 0.3) is 0 Å². The van der Waals surface area contributed by atoms with E-state index in [1.165, 1.54) is 0 Å². The normalized spacial score (nSPS) is 15.0. The molecule has 0 N–H and O–H groups in total. The Morgan fingerprint density at radius 1 is 1.10 bits per heavy atom. The Labute approximate surface area is 185 Å². The molecule has 158 valence electrons. The van der Waals surface area contributed by atoms with Gasteiger partial charge in [0, 0.05) is 32.6 Å². The number of amides is 1. The molecule has 3 aromatic rings. The van der Waals surface area contributed by atoms with Gasteiger partial charge in [-0.3, -0.25) is 4.79 Å². The van der Waals surface area contributed by atoms with Crippen LogP contribution in [0.1, 0.15) is 12.0 Å². The first kappa shape index (κ1) is 21.1. The molecule has 0 aliphatic carbocycles. The van der Waals surface area contributed by atoms with Crippen LogP contribution in [-0.4, -0.2) is 56.1 Å². The molecule has 4 rings (SSSR count). The highest BCUT2D eigenvalue weighted by Crippen LogP contribution is 2.33. The molecule has 1 aromatic heterocycles. The lowest BCUT2D eigenvalue weighted by atomic mass is 10.2. The number of rotatable bonds is 5. The van der Waals surface area contributed by atoms with E-state index < -0.39 is 9.84 Å². The molecule has 1 aliphatic rings. The lowest BCUT2D eigenvalue weighted by Crippen LogP contribution is -2.49.